The van der Waals surface area contributed by atoms with Crippen LogP contribution in [-0.4, -0.2) is 5.11 Å². The van der Waals surface area contributed by atoms with Gasteiger partial charge in [0.05, 0.1) is 11.2 Å². The van der Waals surface area contributed by atoms with Gasteiger partial charge in [0.15, 0.2) is 0 Å². The SMILES string of the molecule is Cc1ccc(F)c(C(C)(O)C(C)C)c1F. The molecule has 0 aliphatic carbocycles. The average molecular weight is 214 g/mol. The van der Waals surface area contributed by atoms with Gasteiger partial charge < -0.3 is 5.11 Å². The quantitative estimate of drug-likeness (QED) is 0.801. The number of hydrogen-bond donors (Lipinski definition) is 1. The Kier molecular flexibility index (Phi) is 3.14. The molecule has 0 aliphatic rings. The van der Waals surface area contributed by atoms with Crippen molar-refractivity contribution < 1.29 is 13.9 Å². The van der Waals surface area contributed by atoms with Crippen molar-refractivity contribution >= 4 is 0 Å². The molecule has 1 rings (SSSR count). The molecule has 1 atom stereocenters. The number of aliphatic hydroxyl groups is 1. The van der Waals surface area contributed by atoms with Gasteiger partial charge in [-0.2, -0.15) is 0 Å². The summed E-state index contributed by atoms with van der Waals surface area (Å²) in [4.78, 5) is 0. The van der Waals surface area contributed by atoms with Gasteiger partial charge in [0.1, 0.15) is 11.6 Å². The average Bonchev–Trinajstić information content (AvgIpc) is 2.11. The van der Waals surface area contributed by atoms with Crippen molar-refractivity contribution in [1.82, 2.24) is 0 Å². The minimum Gasteiger partial charge on any atom is -0.385 e. The lowest BCUT2D eigenvalue weighted by molar-refractivity contribution is 0.00217. The summed E-state index contributed by atoms with van der Waals surface area (Å²) in [6.07, 6.45) is 0. The maximum atomic E-state index is 13.7. The smallest absolute Gasteiger partial charge is 0.135 e. The van der Waals surface area contributed by atoms with E-state index >= 15 is 0 Å². The second kappa shape index (κ2) is 3.89. The van der Waals surface area contributed by atoms with Crippen LogP contribution in [0, 0.1) is 24.5 Å². The first-order valence-corrected chi connectivity index (χ1v) is 4.96. The van der Waals surface area contributed by atoms with E-state index in [0.717, 1.165) is 0 Å². The second-order valence-corrected chi connectivity index (χ2v) is 4.36. The van der Waals surface area contributed by atoms with Gasteiger partial charge in [-0.3, -0.25) is 0 Å². The molecule has 0 saturated carbocycles. The predicted molar refractivity (Wildman–Crippen MR) is 55.5 cm³/mol. The van der Waals surface area contributed by atoms with Crippen LogP contribution in [0.15, 0.2) is 12.1 Å². The Morgan fingerprint density at radius 2 is 1.80 bits per heavy atom. The van der Waals surface area contributed by atoms with Gasteiger partial charge in [-0.15, -0.1) is 0 Å². The van der Waals surface area contributed by atoms with Crippen molar-refractivity contribution in [2.24, 2.45) is 5.92 Å². The van der Waals surface area contributed by atoms with Crippen molar-refractivity contribution in [2.75, 3.05) is 0 Å². The summed E-state index contributed by atoms with van der Waals surface area (Å²) in [5.41, 5.74) is -1.38. The molecular weight excluding hydrogens is 198 g/mol. The molecule has 0 fully saturated rings. The second-order valence-electron chi connectivity index (χ2n) is 4.36. The van der Waals surface area contributed by atoms with Gasteiger partial charge in [-0.25, -0.2) is 8.78 Å². The molecule has 0 aliphatic heterocycles. The maximum absolute atomic E-state index is 13.7. The molecule has 1 nitrogen and oxygen atoms in total. The van der Waals surface area contributed by atoms with E-state index < -0.39 is 17.2 Å². The Hall–Kier alpha value is -0.960. The van der Waals surface area contributed by atoms with Crippen molar-refractivity contribution in [3.63, 3.8) is 0 Å². The molecule has 0 amide bonds. The van der Waals surface area contributed by atoms with E-state index in [1.54, 1.807) is 20.8 Å². The van der Waals surface area contributed by atoms with Gasteiger partial charge in [-0.1, -0.05) is 19.9 Å². The first-order chi connectivity index (χ1) is 6.78. The molecule has 3 heteroatoms. The topological polar surface area (TPSA) is 20.2 Å². The summed E-state index contributed by atoms with van der Waals surface area (Å²) >= 11 is 0. The molecule has 84 valence electrons. The lowest BCUT2D eigenvalue weighted by Crippen LogP contribution is -2.30. The Labute approximate surface area is 88.7 Å². The van der Waals surface area contributed by atoms with Crippen LogP contribution >= 0.6 is 0 Å². The van der Waals surface area contributed by atoms with Crippen LogP contribution in [0.1, 0.15) is 31.9 Å². The third-order valence-corrected chi connectivity index (χ3v) is 2.91. The van der Waals surface area contributed by atoms with Crippen LogP contribution in [0.25, 0.3) is 0 Å². The highest BCUT2D eigenvalue weighted by atomic mass is 19.1. The van der Waals surface area contributed by atoms with Gasteiger partial charge >= 0.3 is 0 Å². The third-order valence-electron chi connectivity index (χ3n) is 2.91. The molecule has 0 heterocycles. The van der Waals surface area contributed by atoms with Crippen LogP contribution in [0.5, 0.6) is 0 Å². The van der Waals surface area contributed by atoms with Crippen molar-refractivity contribution in [3.8, 4) is 0 Å². The van der Waals surface area contributed by atoms with E-state index in [0.29, 0.717) is 5.56 Å². The highest BCUT2D eigenvalue weighted by Gasteiger charge is 2.33. The van der Waals surface area contributed by atoms with Crippen molar-refractivity contribution in [2.45, 2.75) is 33.3 Å². The van der Waals surface area contributed by atoms with Crippen molar-refractivity contribution in [1.29, 1.82) is 0 Å². The summed E-state index contributed by atoms with van der Waals surface area (Å²) in [6, 6.07) is 2.55. The zero-order chi connectivity index (χ0) is 11.8. The minimum absolute atomic E-state index is 0.238. The molecule has 15 heavy (non-hydrogen) atoms. The standard InChI is InChI=1S/C12H16F2O/c1-7(2)12(4,15)10-9(13)6-5-8(3)11(10)14/h5-7,15H,1-4H3. The van der Waals surface area contributed by atoms with Crippen LogP contribution in [0.3, 0.4) is 0 Å². The van der Waals surface area contributed by atoms with Gasteiger partial charge in [0.25, 0.3) is 0 Å². The van der Waals surface area contributed by atoms with E-state index in [1.165, 1.54) is 19.1 Å². The first-order valence-electron chi connectivity index (χ1n) is 4.96. The van der Waals surface area contributed by atoms with Crippen LogP contribution in [0.4, 0.5) is 8.78 Å². The van der Waals surface area contributed by atoms with E-state index in [9.17, 15) is 13.9 Å². The largest absolute Gasteiger partial charge is 0.385 e. The maximum Gasteiger partial charge on any atom is 0.135 e. The lowest BCUT2D eigenvalue weighted by atomic mass is 9.84. The molecular formula is C12H16F2O. The highest BCUT2D eigenvalue weighted by Crippen LogP contribution is 2.33. The summed E-state index contributed by atoms with van der Waals surface area (Å²) in [5.74, 6) is -1.62. The molecule has 1 aromatic carbocycles. The van der Waals surface area contributed by atoms with E-state index in [1.807, 2.05) is 0 Å². The zero-order valence-corrected chi connectivity index (χ0v) is 9.44. The Bertz CT molecular complexity index is 370. The monoisotopic (exact) mass is 214 g/mol. The van der Waals surface area contributed by atoms with Gasteiger partial charge in [0.2, 0.25) is 0 Å². The molecule has 0 spiro atoms. The van der Waals surface area contributed by atoms with Crippen molar-refractivity contribution in [3.05, 3.63) is 34.9 Å². The highest BCUT2D eigenvalue weighted by molar-refractivity contribution is 5.31. The fourth-order valence-corrected chi connectivity index (χ4v) is 1.41. The van der Waals surface area contributed by atoms with E-state index in [2.05, 4.69) is 0 Å². The van der Waals surface area contributed by atoms with Crippen LogP contribution in [-0.2, 0) is 5.60 Å². The number of hydrogen-bond acceptors (Lipinski definition) is 1. The summed E-state index contributed by atoms with van der Waals surface area (Å²) in [6.45, 7) is 6.43. The molecule has 0 radical (unpaired) electrons. The number of halogens is 2. The number of benzene rings is 1. The normalized spacial score (nSPS) is 15.5. The zero-order valence-electron chi connectivity index (χ0n) is 9.44. The lowest BCUT2D eigenvalue weighted by Gasteiger charge is -2.29. The number of rotatable bonds is 2. The first kappa shape index (κ1) is 12.1. The molecule has 1 unspecified atom stereocenters. The van der Waals surface area contributed by atoms with Crippen LogP contribution in [0.2, 0.25) is 0 Å². The summed E-state index contributed by atoms with van der Waals surface area (Å²) in [7, 11) is 0. The fourth-order valence-electron chi connectivity index (χ4n) is 1.41. The Balaban J connectivity index is 3.42. The minimum atomic E-state index is -1.49. The van der Waals surface area contributed by atoms with E-state index in [-0.39, 0.29) is 11.5 Å². The predicted octanol–water partition coefficient (Wildman–Crippen LogP) is 3.14. The third kappa shape index (κ3) is 2.02. The Morgan fingerprint density at radius 1 is 1.27 bits per heavy atom. The summed E-state index contributed by atoms with van der Waals surface area (Å²) < 4.78 is 27.2. The summed E-state index contributed by atoms with van der Waals surface area (Å²) in [5, 5.41) is 10.1. The number of aryl methyl sites for hydroxylation is 1. The molecule has 0 bridgehead atoms. The fraction of sp³-hybridized carbons (Fsp3) is 0.500. The van der Waals surface area contributed by atoms with Gasteiger partial charge in [-0.05, 0) is 31.4 Å². The molecule has 1 aromatic rings. The van der Waals surface area contributed by atoms with Crippen LogP contribution < -0.4 is 0 Å². The van der Waals surface area contributed by atoms with Gasteiger partial charge in [0, 0.05) is 0 Å². The Morgan fingerprint density at radius 3 is 2.27 bits per heavy atom. The van der Waals surface area contributed by atoms with E-state index in [4.69, 9.17) is 0 Å². The molecule has 0 saturated heterocycles. The molecule has 0 aromatic heterocycles. The molecule has 1 N–H and O–H groups in total.